The first-order chi connectivity index (χ1) is 12.0. The maximum Gasteiger partial charge on any atom is 0.263 e. The Kier molecular flexibility index (Phi) is 5.14. The average Bonchev–Trinajstić information content (AvgIpc) is 2.94. The maximum absolute atomic E-state index is 12.3. The summed E-state index contributed by atoms with van der Waals surface area (Å²) in [5, 5.41) is 3.85. The number of hydrogen-bond acceptors (Lipinski definition) is 6. The monoisotopic (exact) mass is 353 g/mol. The fourth-order valence-electron chi connectivity index (χ4n) is 2.56. The third-order valence-corrected chi connectivity index (χ3v) is 4.76. The van der Waals surface area contributed by atoms with Gasteiger partial charge in [-0.2, -0.15) is 0 Å². The molecule has 3 aromatic rings. The van der Waals surface area contributed by atoms with Crippen LogP contribution in [-0.4, -0.2) is 32.4 Å². The smallest absolute Gasteiger partial charge is 0.263 e. The molecule has 0 aromatic carbocycles. The van der Waals surface area contributed by atoms with E-state index in [0.29, 0.717) is 23.7 Å². The van der Waals surface area contributed by atoms with Crippen molar-refractivity contribution in [3.8, 4) is 11.3 Å². The van der Waals surface area contributed by atoms with Crippen LogP contribution in [0.4, 0.5) is 0 Å². The van der Waals surface area contributed by atoms with E-state index < -0.39 is 0 Å². The van der Waals surface area contributed by atoms with Crippen molar-refractivity contribution in [3.05, 3.63) is 57.7 Å². The molecule has 0 saturated carbocycles. The first-order valence-corrected chi connectivity index (χ1v) is 8.82. The second-order valence-electron chi connectivity index (χ2n) is 5.65. The van der Waals surface area contributed by atoms with E-state index in [2.05, 4.69) is 25.3 Å². The first kappa shape index (κ1) is 17.2. The summed E-state index contributed by atoms with van der Waals surface area (Å²) in [5.74, 6) is 0.614. The second-order valence-corrected chi connectivity index (χ2v) is 6.85. The summed E-state index contributed by atoms with van der Waals surface area (Å²) >= 11 is 1.41. The zero-order valence-corrected chi connectivity index (χ0v) is 15.2. The molecule has 0 unspecified atom stereocenters. The van der Waals surface area contributed by atoms with Crippen molar-refractivity contribution in [1.29, 1.82) is 0 Å². The van der Waals surface area contributed by atoms with Gasteiger partial charge in [-0.15, -0.1) is 11.3 Å². The zero-order chi connectivity index (χ0) is 17.8. The Bertz CT molecular complexity index is 892. The van der Waals surface area contributed by atoms with Gasteiger partial charge in [-0.05, 0) is 32.9 Å². The number of carbonyl (C=O) groups excluding carboxylic acids is 1. The number of nitrogens with one attached hydrogen (secondary N) is 1. The Morgan fingerprint density at radius 1 is 1.16 bits per heavy atom. The van der Waals surface area contributed by atoms with Gasteiger partial charge in [0.1, 0.15) is 10.7 Å². The normalized spacial score (nSPS) is 10.7. The molecule has 128 valence electrons. The van der Waals surface area contributed by atoms with E-state index in [1.165, 1.54) is 11.3 Å². The van der Waals surface area contributed by atoms with Crippen molar-refractivity contribution in [1.82, 2.24) is 25.3 Å². The molecule has 25 heavy (non-hydrogen) atoms. The third-order valence-electron chi connectivity index (χ3n) is 3.69. The van der Waals surface area contributed by atoms with Gasteiger partial charge in [0.2, 0.25) is 0 Å². The molecule has 0 radical (unpaired) electrons. The summed E-state index contributed by atoms with van der Waals surface area (Å²) in [6.45, 7) is 6.10. The number of rotatable bonds is 5. The number of nitrogens with zero attached hydrogens (tertiary/aromatic N) is 4. The van der Waals surface area contributed by atoms with Crippen molar-refractivity contribution in [2.75, 3.05) is 6.54 Å². The molecule has 1 amide bonds. The van der Waals surface area contributed by atoms with Gasteiger partial charge in [0.05, 0.1) is 22.1 Å². The molecule has 0 aliphatic rings. The van der Waals surface area contributed by atoms with Gasteiger partial charge in [0.25, 0.3) is 5.91 Å². The minimum atomic E-state index is -0.0896. The number of thiazole rings is 1. The average molecular weight is 353 g/mol. The predicted molar refractivity (Wildman–Crippen MR) is 97.6 cm³/mol. The summed E-state index contributed by atoms with van der Waals surface area (Å²) < 4.78 is 0. The molecule has 0 spiro atoms. The Labute approximate surface area is 150 Å². The van der Waals surface area contributed by atoms with Crippen LogP contribution in [0.1, 0.15) is 31.9 Å². The summed E-state index contributed by atoms with van der Waals surface area (Å²) in [7, 11) is 0. The van der Waals surface area contributed by atoms with E-state index in [9.17, 15) is 4.79 Å². The van der Waals surface area contributed by atoms with Crippen molar-refractivity contribution < 1.29 is 4.79 Å². The number of pyridine rings is 1. The number of hydrogen-bond donors (Lipinski definition) is 1. The van der Waals surface area contributed by atoms with Crippen LogP contribution in [0.15, 0.2) is 30.6 Å². The van der Waals surface area contributed by atoms with Crippen molar-refractivity contribution in [2.24, 2.45) is 0 Å². The molecule has 7 heteroatoms. The maximum atomic E-state index is 12.3. The summed E-state index contributed by atoms with van der Waals surface area (Å²) in [6, 6.07) is 5.74. The van der Waals surface area contributed by atoms with Crippen LogP contribution < -0.4 is 5.32 Å². The molecule has 0 saturated heterocycles. The van der Waals surface area contributed by atoms with E-state index in [-0.39, 0.29) is 5.91 Å². The van der Waals surface area contributed by atoms with Gasteiger partial charge in [-0.1, -0.05) is 6.07 Å². The van der Waals surface area contributed by atoms with E-state index in [1.807, 2.05) is 39.0 Å². The Hall–Kier alpha value is -2.67. The van der Waals surface area contributed by atoms with Crippen LogP contribution in [0.3, 0.4) is 0 Å². The molecule has 3 aromatic heterocycles. The van der Waals surface area contributed by atoms with Crippen LogP contribution in [0, 0.1) is 20.8 Å². The minimum Gasteiger partial charge on any atom is -0.351 e. The van der Waals surface area contributed by atoms with Crippen molar-refractivity contribution >= 4 is 17.2 Å². The molecule has 1 N–H and O–H groups in total. The standard InChI is InChI=1S/C18H19N5OS/c1-11-17(25-13(3)22-11)18(24)20-9-7-16-14(10-21-12(2)23-16)15-6-4-5-8-19-15/h4-6,8,10H,7,9H2,1-3H3,(H,20,24). The number of carbonyl (C=O) groups is 1. The molecule has 6 nitrogen and oxygen atoms in total. The van der Waals surface area contributed by atoms with Crippen LogP contribution in [0.5, 0.6) is 0 Å². The van der Waals surface area contributed by atoms with Crippen LogP contribution in [0.25, 0.3) is 11.3 Å². The van der Waals surface area contributed by atoms with Gasteiger partial charge in [0.15, 0.2) is 0 Å². The van der Waals surface area contributed by atoms with E-state index in [1.54, 1.807) is 12.4 Å². The number of aryl methyl sites for hydroxylation is 3. The van der Waals surface area contributed by atoms with Gasteiger partial charge < -0.3 is 5.32 Å². The van der Waals surface area contributed by atoms with E-state index in [4.69, 9.17) is 0 Å². The Morgan fingerprint density at radius 3 is 2.68 bits per heavy atom. The third kappa shape index (κ3) is 4.06. The van der Waals surface area contributed by atoms with Crippen molar-refractivity contribution in [2.45, 2.75) is 27.2 Å². The Balaban J connectivity index is 1.72. The summed E-state index contributed by atoms with van der Waals surface area (Å²) in [6.07, 6.45) is 4.14. The second kappa shape index (κ2) is 7.48. The van der Waals surface area contributed by atoms with Gasteiger partial charge in [0, 0.05) is 30.9 Å². The minimum absolute atomic E-state index is 0.0896. The summed E-state index contributed by atoms with van der Waals surface area (Å²) in [4.78, 5) is 30.4. The molecule has 0 bridgehead atoms. The quantitative estimate of drug-likeness (QED) is 0.763. The molecule has 0 aliphatic carbocycles. The molecule has 0 atom stereocenters. The molecular weight excluding hydrogens is 334 g/mol. The lowest BCUT2D eigenvalue weighted by Crippen LogP contribution is -2.26. The van der Waals surface area contributed by atoms with Crippen LogP contribution in [-0.2, 0) is 6.42 Å². The van der Waals surface area contributed by atoms with E-state index >= 15 is 0 Å². The lowest BCUT2D eigenvalue weighted by molar-refractivity contribution is 0.0957. The fraction of sp³-hybridized carbons (Fsp3) is 0.278. The van der Waals surface area contributed by atoms with Crippen molar-refractivity contribution in [3.63, 3.8) is 0 Å². The highest BCUT2D eigenvalue weighted by atomic mass is 32.1. The van der Waals surface area contributed by atoms with Gasteiger partial charge in [-0.25, -0.2) is 15.0 Å². The van der Waals surface area contributed by atoms with Gasteiger partial charge >= 0.3 is 0 Å². The van der Waals surface area contributed by atoms with Gasteiger partial charge in [-0.3, -0.25) is 9.78 Å². The molecule has 0 aliphatic heterocycles. The topological polar surface area (TPSA) is 80.7 Å². The van der Waals surface area contributed by atoms with E-state index in [0.717, 1.165) is 27.7 Å². The molecular formula is C18H19N5OS. The van der Waals surface area contributed by atoms with Crippen LogP contribution in [0.2, 0.25) is 0 Å². The largest absolute Gasteiger partial charge is 0.351 e. The highest BCUT2D eigenvalue weighted by molar-refractivity contribution is 7.13. The molecule has 3 rings (SSSR count). The first-order valence-electron chi connectivity index (χ1n) is 8.00. The highest BCUT2D eigenvalue weighted by Crippen LogP contribution is 2.20. The predicted octanol–water partition coefficient (Wildman–Crippen LogP) is 2.89. The Morgan fingerprint density at radius 2 is 2.00 bits per heavy atom. The lowest BCUT2D eigenvalue weighted by atomic mass is 10.1. The molecule has 3 heterocycles. The fourth-order valence-corrected chi connectivity index (χ4v) is 3.40. The molecule has 0 fully saturated rings. The number of amides is 1. The lowest BCUT2D eigenvalue weighted by Gasteiger charge is -2.09. The number of aromatic nitrogens is 4. The SMILES string of the molecule is Cc1ncc(-c2ccccn2)c(CCNC(=O)c2sc(C)nc2C)n1. The zero-order valence-electron chi connectivity index (χ0n) is 14.4. The highest BCUT2D eigenvalue weighted by Gasteiger charge is 2.14. The summed E-state index contributed by atoms with van der Waals surface area (Å²) in [5.41, 5.74) is 3.37. The van der Waals surface area contributed by atoms with Crippen LogP contribution >= 0.6 is 11.3 Å².